The number of benzene rings is 1. The van der Waals surface area contributed by atoms with Crippen LogP contribution in [0.15, 0.2) is 24.3 Å². The molecule has 17 heavy (non-hydrogen) atoms. The first-order chi connectivity index (χ1) is 8.06. The van der Waals surface area contributed by atoms with Gasteiger partial charge < -0.3 is 0 Å². The summed E-state index contributed by atoms with van der Waals surface area (Å²) >= 11 is 6.09. The third-order valence-corrected chi connectivity index (χ3v) is 2.88. The normalized spacial score (nSPS) is 10.6. The maximum atomic E-state index is 12.8. The van der Waals surface area contributed by atoms with Crippen LogP contribution in [-0.4, -0.2) is 9.97 Å². The highest BCUT2D eigenvalue weighted by Crippen LogP contribution is 2.20. The standard InChI is InChI=1S/C13H12ClFN2/c1-8-12(13(14)17-9(2)16-8)7-10-3-5-11(15)6-4-10/h3-6H,7H2,1-2H3. The van der Waals surface area contributed by atoms with Gasteiger partial charge in [0.2, 0.25) is 0 Å². The van der Waals surface area contributed by atoms with Gasteiger partial charge in [-0.2, -0.15) is 0 Å². The van der Waals surface area contributed by atoms with Crippen molar-refractivity contribution < 1.29 is 4.39 Å². The Balaban J connectivity index is 2.33. The number of aromatic nitrogens is 2. The van der Waals surface area contributed by atoms with Gasteiger partial charge in [0.1, 0.15) is 16.8 Å². The molecular weight excluding hydrogens is 239 g/mol. The van der Waals surface area contributed by atoms with Crippen LogP contribution < -0.4 is 0 Å². The summed E-state index contributed by atoms with van der Waals surface area (Å²) in [6.07, 6.45) is 0.616. The Hall–Kier alpha value is -1.48. The summed E-state index contributed by atoms with van der Waals surface area (Å²) in [6, 6.07) is 6.36. The molecule has 0 N–H and O–H groups in total. The van der Waals surface area contributed by atoms with Crippen LogP contribution >= 0.6 is 11.6 Å². The monoisotopic (exact) mass is 250 g/mol. The maximum absolute atomic E-state index is 12.8. The van der Waals surface area contributed by atoms with Crippen molar-refractivity contribution >= 4 is 11.6 Å². The van der Waals surface area contributed by atoms with Crippen LogP contribution in [0.5, 0.6) is 0 Å². The Morgan fingerprint density at radius 3 is 2.35 bits per heavy atom. The lowest BCUT2D eigenvalue weighted by molar-refractivity contribution is 0.627. The number of hydrogen-bond acceptors (Lipinski definition) is 2. The summed E-state index contributed by atoms with van der Waals surface area (Å²) in [6.45, 7) is 3.71. The molecule has 0 unspecified atom stereocenters. The molecule has 0 saturated carbocycles. The van der Waals surface area contributed by atoms with E-state index in [2.05, 4.69) is 9.97 Å². The van der Waals surface area contributed by atoms with Crippen LogP contribution in [0.1, 0.15) is 22.6 Å². The summed E-state index contributed by atoms with van der Waals surface area (Å²) in [7, 11) is 0. The molecule has 2 nitrogen and oxygen atoms in total. The van der Waals surface area contributed by atoms with E-state index in [1.165, 1.54) is 12.1 Å². The van der Waals surface area contributed by atoms with Crippen LogP contribution in [0.3, 0.4) is 0 Å². The summed E-state index contributed by atoms with van der Waals surface area (Å²) in [5, 5.41) is 0.472. The molecule has 2 aromatic rings. The summed E-state index contributed by atoms with van der Waals surface area (Å²) in [5.41, 5.74) is 2.75. The van der Waals surface area contributed by atoms with E-state index in [9.17, 15) is 4.39 Å². The van der Waals surface area contributed by atoms with Gasteiger partial charge in [0.15, 0.2) is 0 Å². The minimum Gasteiger partial charge on any atom is -0.238 e. The first-order valence-corrected chi connectivity index (χ1v) is 5.68. The lowest BCUT2D eigenvalue weighted by Crippen LogP contribution is -2.01. The summed E-state index contributed by atoms with van der Waals surface area (Å²) in [5.74, 6) is 0.423. The van der Waals surface area contributed by atoms with Gasteiger partial charge in [0.25, 0.3) is 0 Å². The van der Waals surface area contributed by atoms with E-state index in [4.69, 9.17) is 11.6 Å². The van der Waals surface area contributed by atoms with Crippen molar-refractivity contribution in [3.8, 4) is 0 Å². The molecule has 4 heteroatoms. The van der Waals surface area contributed by atoms with Crippen molar-refractivity contribution in [2.45, 2.75) is 20.3 Å². The number of rotatable bonds is 2. The van der Waals surface area contributed by atoms with Gasteiger partial charge in [-0.3, -0.25) is 0 Å². The zero-order valence-electron chi connectivity index (χ0n) is 9.67. The van der Waals surface area contributed by atoms with E-state index in [0.29, 0.717) is 17.4 Å². The predicted molar refractivity (Wildman–Crippen MR) is 65.7 cm³/mol. The first-order valence-electron chi connectivity index (χ1n) is 5.30. The first kappa shape index (κ1) is 12.0. The molecule has 0 radical (unpaired) electrons. The minimum atomic E-state index is -0.239. The highest BCUT2D eigenvalue weighted by Gasteiger charge is 2.09. The van der Waals surface area contributed by atoms with Crippen molar-refractivity contribution in [2.75, 3.05) is 0 Å². The molecular formula is C13H12ClFN2. The van der Waals surface area contributed by atoms with Crippen LogP contribution in [0.25, 0.3) is 0 Å². The molecule has 0 atom stereocenters. The quantitative estimate of drug-likeness (QED) is 0.763. The second-order valence-electron chi connectivity index (χ2n) is 3.93. The SMILES string of the molecule is Cc1nc(C)c(Cc2ccc(F)cc2)c(Cl)n1. The smallest absolute Gasteiger partial charge is 0.136 e. The molecule has 2 rings (SSSR count). The summed E-state index contributed by atoms with van der Waals surface area (Å²) < 4.78 is 12.8. The van der Waals surface area contributed by atoms with Crippen LogP contribution in [0.2, 0.25) is 5.15 Å². The predicted octanol–water partition coefficient (Wildman–Crippen LogP) is 3.48. The van der Waals surface area contributed by atoms with Crippen LogP contribution in [0, 0.1) is 19.7 Å². The molecule has 0 saturated heterocycles. The molecule has 0 aliphatic rings. The summed E-state index contributed by atoms with van der Waals surface area (Å²) in [4.78, 5) is 8.41. The van der Waals surface area contributed by atoms with E-state index in [-0.39, 0.29) is 5.82 Å². The molecule has 0 aliphatic heterocycles. The molecule has 1 heterocycles. The van der Waals surface area contributed by atoms with Gasteiger partial charge in [-0.25, -0.2) is 14.4 Å². The second-order valence-corrected chi connectivity index (χ2v) is 4.29. The molecule has 0 bridgehead atoms. The van der Waals surface area contributed by atoms with Gasteiger partial charge in [-0.05, 0) is 31.5 Å². The topological polar surface area (TPSA) is 25.8 Å². The largest absolute Gasteiger partial charge is 0.238 e. The molecule has 0 amide bonds. The van der Waals surface area contributed by atoms with Gasteiger partial charge >= 0.3 is 0 Å². The van der Waals surface area contributed by atoms with Crippen molar-refractivity contribution in [1.29, 1.82) is 0 Å². The average molecular weight is 251 g/mol. The van der Waals surface area contributed by atoms with E-state index in [0.717, 1.165) is 16.8 Å². The van der Waals surface area contributed by atoms with Crippen molar-refractivity contribution in [3.63, 3.8) is 0 Å². The van der Waals surface area contributed by atoms with E-state index < -0.39 is 0 Å². The maximum Gasteiger partial charge on any atom is 0.136 e. The molecule has 0 fully saturated rings. The van der Waals surface area contributed by atoms with Crippen molar-refractivity contribution in [1.82, 2.24) is 9.97 Å². The van der Waals surface area contributed by atoms with Crippen molar-refractivity contribution in [3.05, 3.63) is 57.9 Å². The Kier molecular flexibility index (Phi) is 3.38. The highest BCUT2D eigenvalue weighted by molar-refractivity contribution is 6.30. The molecule has 1 aromatic heterocycles. The molecule has 0 aliphatic carbocycles. The Bertz CT molecular complexity index is 515. The third-order valence-electron chi connectivity index (χ3n) is 2.57. The zero-order chi connectivity index (χ0) is 12.4. The zero-order valence-corrected chi connectivity index (χ0v) is 10.4. The van der Waals surface area contributed by atoms with Crippen LogP contribution in [-0.2, 0) is 6.42 Å². The Labute approximate surface area is 104 Å². The van der Waals surface area contributed by atoms with E-state index >= 15 is 0 Å². The van der Waals surface area contributed by atoms with Gasteiger partial charge in [0, 0.05) is 17.7 Å². The fourth-order valence-electron chi connectivity index (χ4n) is 1.70. The Morgan fingerprint density at radius 2 is 1.76 bits per heavy atom. The average Bonchev–Trinajstić information content (AvgIpc) is 2.26. The van der Waals surface area contributed by atoms with Gasteiger partial charge in [-0.15, -0.1) is 0 Å². The number of nitrogens with zero attached hydrogens (tertiary/aromatic N) is 2. The fourth-order valence-corrected chi connectivity index (χ4v) is 2.03. The molecule has 0 spiro atoms. The van der Waals surface area contributed by atoms with Crippen molar-refractivity contribution in [2.24, 2.45) is 0 Å². The number of hydrogen-bond donors (Lipinski definition) is 0. The molecule has 88 valence electrons. The van der Waals surface area contributed by atoms with E-state index in [1.54, 1.807) is 19.1 Å². The third kappa shape index (κ3) is 2.80. The minimum absolute atomic E-state index is 0.239. The van der Waals surface area contributed by atoms with E-state index in [1.807, 2.05) is 6.92 Å². The highest BCUT2D eigenvalue weighted by atomic mass is 35.5. The lowest BCUT2D eigenvalue weighted by atomic mass is 10.1. The number of aryl methyl sites for hydroxylation is 2. The van der Waals surface area contributed by atoms with Gasteiger partial charge in [-0.1, -0.05) is 23.7 Å². The number of halogens is 2. The fraction of sp³-hybridized carbons (Fsp3) is 0.231. The second kappa shape index (κ2) is 4.80. The molecule has 1 aromatic carbocycles. The van der Waals surface area contributed by atoms with Crippen LogP contribution in [0.4, 0.5) is 4.39 Å². The van der Waals surface area contributed by atoms with Gasteiger partial charge in [0.05, 0.1) is 0 Å². The lowest BCUT2D eigenvalue weighted by Gasteiger charge is -2.08. The Morgan fingerprint density at radius 1 is 1.12 bits per heavy atom.